The van der Waals surface area contributed by atoms with Crippen molar-refractivity contribution in [1.82, 2.24) is 16.0 Å². The number of carbonyl (C=O) groups is 4. The fourth-order valence-electron chi connectivity index (χ4n) is 5.49. The third kappa shape index (κ3) is 16.0. The highest BCUT2D eigenvalue weighted by atomic mass is 16.6. The molecule has 0 heterocycles. The zero-order valence-corrected chi connectivity index (χ0v) is 31.5. The van der Waals surface area contributed by atoms with Crippen molar-refractivity contribution in [1.29, 1.82) is 0 Å². The van der Waals surface area contributed by atoms with Gasteiger partial charge in [-0.1, -0.05) is 48.5 Å². The second-order valence-corrected chi connectivity index (χ2v) is 14.4. The predicted molar refractivity (Wildman–Crippen MR) is 196 cm³/mol. The summed E-state index contributed by atoms with van der Waals surface area (Å²) >= 11 is 0. The summed E-state index contributed by atoms with van der Waals surface area (Å²) in [6, 6.07) is 15.3. The lowest BCUT2D eigenvalue weighted by molar-refractivity contribution is -0.156. The molecule has 0 spiro atoms. The minimum Gasteiger partial charge on any atom is -0.460 e. The molecule has 0 radical (unpaired) electrons. The molecular weight excluding hydrogens is 670 g/mol. The summed E-state index contributed by atoms with van der Waals surface area (Å²) in [5.41, 5.74) is 3.32. The van der Waals surface area contributed by atoms with Crippen LogP contribution >= 0.6 is 0 Å². The highest BCUT2D eigenvalue weighted by Gasteiger charge is 2.30. The summed E-state index contributed by atoms with van der Waals surface area (Å²) in [6.07, 6.45) is 0.451. The number of fused-ring (bicyclic) bond motifs is 3. The number of rotatable bonds is 21. The van der Waals surface area contributed by atoms with Gasteiger partial charge in [-0.15, -0.1) is 0 Å². The number of ether oxygens (including phenoxy) is 6. The van der Waals surface area contributed by atoms with Crippen LogP contribution in [0.25, 0.3) is 11.1 Å². The molecule has 0 saturated carbocycles. The molecular formula is C39H57N3O10. The fourth-order valence-corrected chi connectivity index (χ4v) is 5.49. The Balaban J connectivity index is 1.38. The Morgan fingerprint density at radius 3 is 1.81 bits per heavy atom. The molecule has 0 aliphatic heterocycles. The number of hydrogen-bond acceptors (Lipinski definition) is 10. The molecule has 0 saturated heterocycles. The monoisotopic (exact) mass is 727 g/mol. The highest BCUT2D eigenvalue weighted by Crippen LogP contribution is 2.44. The van der Waals surface area contributed by atoms with Crippen molar-refractivity contribution in [3.8, 4) is 11.1 Å². The lowest BCUT2D eigenvalue weighted by Crippen LogP contribution is -2.47. The number of unbranched alkanes of at least 4 members (excludes halogenated alkanes) is 1. The third-order valence-corrected chi connectivity index (χ3v) is 7.70. The predicted octanol–water partition coefficient (Wildman–Crippen LogP) is 5.49. The molecule has 2 aromatic rings. The Bertz CT molecular complexity index is 1390. The summed E-state index contributed by atoms with van der Waals surface area (Å²) in [4.78, 5) is 49.9. The molecule has 1 unspecified atom stereocenters. The van der Waals surface area contributed by atoms with Crippen LogP contribution < -0.4 is 16.0 Å². The van der Waals surface area contributed by atoms with Crippen molar-refractivity contribution >= 4 is 24.1 Å². The average molecular weight is 728 g/mol. The maximum Gasteiger partial charge on any atom is 0.407 e. The Labute approximate surface area is 307 Å². The Kier molecular flexibility index (Phi) is 17.3. The van der Waals surface area contributed by atoms with Crippen LogP contribution in [0.2, 0.25) is 0 Å². The van der Waals surface area contributed by atoms with Crippen molar-refractivity contribution < 1.29 is 47.6 Å². The second-order valence-electron chi connectivity index (χ2n) is 14.4. The second kappa shape index (κ2) is 21.4. The van der Waals surface area contributed by atoms with Gasteiger partial charge in [0.25, 0.3) is 0 Å². The molecule has 3 rings (SSSR count). The van der Waals surface area contributed by atoms with E-state index in [0.717, 1.165) is 22.3 Å². The maximum absolute atomic E-state index is 13.2. The van der Waals surface area contributed by atoms with Gasteiger partial charge in [0.15, 0.2) is 0 Å². The minimum atomic E-state index is -0.851. The van der Waals surface area contributed by atoms with Crippen LogP contribution in [0, 0.1) is 0 Å². The van der Waals surface area contributed by atoms with Crippen LogP contribution in [0.4, 0.5) is 9.59 Å². The molecule has 0 fully saturated rings. The van der Waals surface area contributed by atoms with Gasteiger partial charge in [-0.2, -0.15) is 0 Å². The standard InChI is InChI=1S/C39H57N3O10/c1-38(2,3)51-34(43)18-21-47-23-25-49-26-24-48-22-20-40-35(44)33(17-11-12-19-41-36(45)52-39(4,5)6)42-37(46)50-27-32-30-15-9-7-13-28(30)29-14-8-10-16-31(29)32/h7-10,13-16,32-33H,11-12,17-27H2,1-6H3,(H,40,44)(H,41,45)(H,42,46). The van der Waals surface area contributed by atoms with Gasteiger partial charge in [-0.25, -0.2) is 9.59 Å². The van der Waals surface area contributed by atoms with Crippen molar-refractivity contribution in [3.63, 3.8) is 0 Å². The van der Waals surface area contributed by atoms with E-state index in [1.807, 2.05) is 57.2 Å². The van der Waals surface area contributed by atoms with E-state index in [-0.39, 0.29) is 50.6 Å². The van der Waals surface area contributed by atoms with E-state index in [2.05, 4.69) is 28.1 Å². The number of esters is 1. The third-order valence-electron chi connectivity index (χ3n) is 7.70. The highest BCUT2D eigenvalue weighted by molar-refractivity contribution is 5.85. The van der Waals surface area contributed by atoms with E-state index in [9.17, 15) is 19.2 Å². The van der Waals surface area contributed by atoms with Crippen LogP contribution in [-0.2, 0) is 38.0 Å². The van der Waals surface area contributed by atoms with Crippen molar-refractivity contribution in [3.05, 3.63) is 59.7 Å². The molecule has 2 aromatic carbocycles. The van der Waals surface area contributed by atoms with Crippen LogP contribution in [0.15, 0.2) is 48.5 Å². The van der Waals surface area contributed by atoms with E-state index >= 15 is 0 Å². The number of alkyl carbamates (subject to hydrolysis) is 2. The largest absolute Gasteiger partial charge is 0.460 e. The minimum absolute atomic E-state index is 0.109. The number of nitrogens with one attached hydrogen (secondary N) is 3. The summed E-state index contributed by atoms with van der Waals surface area (Å²) in [5.74, 6) is -0.778. The van der Waals surface area contributed by atoms with E-state index < -0.39 is 29.4 Å². The molecule has 13 heteroatoms. The lowest BCUT2D eigenvalue weighted by atomic mass is 9.98. The first-order valence-corrected chi connectivity index (χ1v) is 18.0. The molecule has 0 aromatic heterocycles. The molecule has 13 nitrogen and oxygen atoms in total. The maximum atomic E-state index is 13.2. The van der Waals surface area contributed by atoms with E-state index in [0.29, 0.717) is 52.2 Å². The van der Waals surface area contributed by atoms with Gasteiger partial charge in [-0.3, -0.25) is 9.59 Å². The normalized spacial score (nSPS) is 13.0. The molecule has 1 aliphatic rings. The van der Waals surface area contributed by atoms with E-state index in [1.165, 1.54) is 0 Å². The Hall–Kier alpha value is -4.20. The first-order chi connectivity index (χ1) is 24.7. The zero-order chi connectivity index (χ0) is 38.0. The lowest BCUT2D eigenvalue weighted by Gasteiger charge is -2.21. The first kappa shape index (κ1) is 42.2. The van der Waals surface area contributed by atoms with Gasteiger partial charge in [-0.05, 0) is 83.1 Å². The summed E-state index contributed by atoms with van der Waals surface area (Å²) in [6.45, 7) is 13.4. The van der Waals surface area contributed by atoms with Gasteiger partial charge >= 0.3 is 18.2 Å². The molecule has 0 bridgehead atoms. The van der Waals surface area contributed by atoms with Crippen LogP contribution in [0.1, 0.15) is 84.3 Å². The first-order valence-electron chi connectivity index (χ1n) is 18.0. The van der Waals surface area contributed by atoms with Gasteiger partial charge < -0.3 is 44.4 Å². The number of hydrogen-bond donors (Lipinski definition) is 3. The quantitative estimate of drug-likeness (QED) is 0.0853. The molecule has 1 atom stereocenters. The Morgan fingerprint density at radius 1 is 0.654 bits per heavy atom. The summed E-state index contributed by atoms with van der Waals surface area (Å²) in [7, 11) is 0. The topological polar surface area (TPSA) is 160 Å². The average Bonchev–Trinajstić information content (AvgIpc) is 3.39. The van der Waals surface area contributed by atoms with Gasteiger partial charge in [0.05, 0.1) is 46.1 Å². The Morgan fingerprint density at radius 2 is 1.21 bits per heavy atom. The number of amides is 3. The summed E-state index contributed by atoms with van der Waals surface area (Å²) in [5, 5.41) is 8.28. The van der Waals surface area contributed by atoms with Crippen molar-refractivity contribution in [2.75, 3.05) is 59.3 Å². The van der Waals surface area contributed by atoms with Gasteiger partial charge in [0.1, 0.15) is 23.9 Å². The van der Waals surface area contributed by atoms with Gasteiger partial charge in [0.2, 0.25) is 5.91 Å². The smallest absolute Gasteiger partial charge is 0.407 e. The van der Waals surface area contributed by atoms with E-state index in [1.54, 1.807) is 20.8 Å². The van der Waals surface area contributed by atoms with Crippen LogP contribution in [0.3, 0.4) is 0 Å². The molecule has 1 aliphatic carbocycles. The van der Waals surface area contributed by atoms with E-state index in [4.69, 9.17) is 28.4 Å². The van der Waals surface area contributed by atoms with Gasteiger partial charge in [0, 0.05) is 19.0 Å². The number of carbonyl (C=O) groups excluding carboxylic acids is 4. The summed E-state index contributed by atoms with van der Waals surface area (Å²) < 4.78 is 32.6. The van der Waals surface area contributed by atoms with Crippen molar-refractivity contribution in [2.24, 2.45) is 0 Å². The molecule has 288 valence electrons. The molecule has 3 amide bonds. The number of benzene rings is 2. The molecule has 3 N–H and O–H groups in total. The van der Waals surface area contributed by atoms with Crippen LogP contribution in [0.5, 0.6) is 0 Å². The van der Waals surface area contributed by atoms with Crippen LogP contribution in [-0.4, -0.2) is 101 Å². The molecule has 52 heavy (non-hydrogen) atoms. The fraction of sp³-hybridized carbons (Fsp3) is 0.590. The van der Waals surface area contributed by atoms with Crippen molar-refractivity contribution in [2.45, 2.75) is 90.4 Å². The SMILES string of the molecule is CC(C)(C)OC(=O)CCOCCOCCOCCNC(=O)C(CCCCNC(=O)OC(C)(C)C)NC(=O)OCC1c2ccccc2-c2ccccc21. The zero-order valence-electron chi connectivity index (χ0n) is 31.5.